The third-order valence-corrected chi connectivity index (χ3v) is 0.882. The monoisotopic (exact) mass is 213 g/mol. The summed E-state index contributed by atoms with van der Waals surface area (Å²) in [5.41, 5.74) is 0.396. The topological polar surface area (TPSA) is 12.9 Å². The summed E-state index contributed by atoms with van der Waals surface area (Å²) in [6, 6.07) is 2.78. The first-order valence-electron chi connectivity index (χ1n) is 2.30. The van der Waals surface area contributed by atoms with Crippen LogP contribution in [0.25, 0.3) is 0 Å². The van der Waals surface area contributed by atoms with Crippen molar-refractivity contribution in [2.24, 2.45) is 0 Å². The largest absolute Gasteiger partial charge is 2.00 e. The predicted octanol–water partition coefficient (Wildman–Crippen LogP) is -2.05. The van der Waals surface area contributed by atoms with Gasteiger partial charge in [0.05, 0.1) is 0 Å². The Morgan fingerprint density at radius 3 is 2.50 bits per heavy atom. The Bertz CT molecular complexity index is 174. The molecule has 0 aliphatic heterocycles. The molecule has 0 aliphatic rings. The Balaban J connectivity index is 0. The maximum atomic E-state index is 12.2. The van der Waals surface area contributed by atoms with E-state index < -0.39 is 0 Å². The summed E-state index contributed by atoms with van der Waals surface area (Å²) in [4.78, 5) is 3.58. The zero-order valence-electron chi connectivity index (χ0n) is 5.56. The van der Waals surface area contributed by atoms with E-state index in [9.17, 15) is 4.39 Å². The minimum atomic E-state index is -0.274. The van der Waals surface area contributed by atoms with Crippen LogP contribution >= 0.6 is 0 Å². The van der Waals surface area contributed by atoms with Crippen LogP contribution in [-0.4, -0.2) is 28.0 Å². The molecule has 0 saturated heterocycles. The van der Waals surface area contributed by atoms with Crippen LogP contribution in [0.1, 0.15) is 5.69 Å². The smallest absolute Gasteiger partial charge is 1.00 e. The molecule has 0 fully saturated rings. The molecule has 0 radical (unpaired) electrons. The van der Waals surface area contributed by atoms with Crippen LogP contribution in [0, 0.1) is 18.9 Å². The van der Waals surface area contributed by atoms with Gasteiger partial charge in [0.25, 0.3) is 0 Å². The molecule has 1 aromatic rings. The van der Waals surface area contributed by atoms with Gasteiger partial charge in [-0.15, -0.1) is 6.07 Å². The molecule has 0 unspecified atom stereocenters. The van der Waals surface area contributed by atoms with Gasteiger partial charge < -0.3 is 22.0 Å². The first kappa shape index (κ1) is 13.0. The van der Waals surface area contributed by atoms with E-state index in [4.69, 9.17) is 0 Å². The molecule has 0 spiro atoms. The van der Waals surface area contributed by atoms with Crippen molar-refractivity contribution in [3.63, 3.8) is 0 Å². The summed E-state index contributed by atoms with van der Waals surface area (Å²) in [6.07, 6.45) is 2.51. The van der Waals surface area contributed by atoms with Crippen molar-refractivity contribution in [2.75, 3.05) is 0 Å². The van der Waals surface area contributed by atoms with Gasteiger partial charge in [-0.1, -0.05) is 13.1 Å². The summed E-state index contributed by atoms with van der Waals surface area (Å²) in [5, 5.41) is 0. The standard InChI is InChI=1S/C6H5FN.BrH.Mg/c1-5-6(7)3-2-4-8-5;;/h2-3H,1H3;1H;/q-1;;+2/p-1. The fourth-order valence-corrected chi connectivity index (χ4v) is 0.419. The predicted molar refractivity (Wildman–Crippen MR) is 33.5 cm³/mol. The Labute approximate surface area is 86.0 Å². The average molecular weight is 214 g/mol. The second-order valence-corrected chi connectivity index (χ2v) is 1.51. The molecule has 0 aliphatic carbocycles. The second kappa shape index (κ2) is 6.06. The fourth-order valence-electron chi connectivity index (χ4n) is 0.419. The molecule has 1 nitrogen and oxygen atoms in total. The Morgan fingerprint density at radius 1 is 1.60 bits per heavy atom. The van der Waals surface area contributed by atoms with Gasteiger partial charge in [-0.25, -0.2) is 4.39 Å². The molecule has 4 heteroatoms. The number of halogens is 2. The maximum Gasteiger partial charge on any atom is 2.00 e. The summed E-state index contributed by atoms with van der Waals surface area (Å²) in [6.45, 7) is 1.60. The number of rotatable bonds is 0. The van der Waals surface area contributed by atoms with E-state index in [0.717, 1.165) is 0 Å². The van der Waals surface area contributed by atoms with E-state index in [1.165, 1.54) is 12.1 Å². The van der Waals surface area contributed by atoms with Crippen molar-refractivity contribution >= 4 is 23.1 Å². The number of hydrogen-bond acceptors (Lipinski definition) is 1. The van der Waals surface area contributed by atoms with Gasteiger partial charge in [0, 0.05) is 5.82 Å². The Morgan fingerprint density at radius 2 is 2.20 bits per heavy atom. The van der Waals surface area contributed by atoms with Crippen molar-refractivity contribution < 1.29 is 21.4 Å². The van der Waals surface area contributed by atoms with E-state index in [0.29, 0.717) is 5.69 Å². The first-order chi connectivity index (χ1) is 3.80. The van der Waals surface area contributed by atoms with E-state index in [1.807, 2.05) is 0 Å². The first-order valence-corrected chi connectivity index (χ1v) is 2.30. The van der Waals surface area contributed by atoms with E-state index in [1.54, 1.807) is 6.92 Å². The molecule has 10 heavy (non-hydrogen) atoms. The molecular weight excluding hydrogens is 209 g/mol. The maximum absolute atomic E-state index is 12.2. The third-order valence-electron chi connectivity index (χ3n) is 0.882. The normalized spacial score (nSPS) is 7.40. The molecule has 1 heterocycles. The number of hydrogen-bond donors (Lipinski definition) is 0. The Kier molecular flexibility index (Phi) is 7.86. The zero-order chi connectivity index (χ0) is 5.98. The van der Waals surface area contributed by atoms with Gasteiger partial charge >= 0.3 is 23.1 Å². The van der Waals surface area contributed by atoms with Crippen molar-refractivity contribution in [3.8, 4) is 0 Å². The van der Waals surface area contributed by atoms with E-state index >= 15 is 0 Å². The minimum Gasteiger partial charge on any atom is -1.00 e. The van der Waals surface area contributed by atoms with Gasteiger partial charge in [-0.2, -0.15) is 6.07 Å². The van der Waals surface area contributed by atoms with E-state index in [2.05, 4.69) is 11.2 Å². The van der Waals surface area contributed by atoms with Crippen LogP contribution in [0.4, 0.5) is 4.39 Å². The van der Waals surface area contributed by atoms with Crippen LogP contribution in [-0.2, 0) is 0 Å². The number of nitrogens with zero attached hydrogens (tertiary/aromatic N) is 1. The Hall–Kier alpha value is 0.326. The molecule has 50 valence electrons. The number of aryl methyl sites for hydroxylation is 1. The van der Waals surface area contributed by atoms with Crippen LogP contribution in [0.5, 0.6) is 0 Å². The minimum absolute atomic E-state index is 0. The molecule has 1 aromatic heterocycles. The molecule has 0 saturated carbocycles. The summed E-state index contributed by atoms with van der Waals surface area (Å²) < 4.78 is 12.2. The summed E-state index contributed by atoms with van der Waals surface area (Å²) >= 11 is 0. The summed E-state index contributed by atoms with van der Waals surface area (Å²) in [5.74, 6) is -0.274. The van der Waals surface area contributed by atoms with Crippen molar-refractivity contribution in [3.05, 3.63) is 29.8 Å². The quantitative estimate of drug-likeness (QED) is 0.358. The van der Waals surface area contributed by atoms with Crippen LogP contribution < -0.4 is 17.0 Å². The second-order valence-electron chi connectivity index (χ2n) is 1.51. The molecule has 0 N–H and O–H groups in total. The molecule has 0 amide bonds. The van der Waals surface area contributed by atoms with Gasteiger partial charge in [0.2, 0.25) is 0 Å². The van der Waals surface area contributed by atoms with Gasteiger partial charge in [0.15, 0.2) is 0 Å². The molecule has 1 rings (SSSR count). The van der Waals surface area contributed by atoms with Crippen molar-refractivity contribution in [1.82, 2.24) is 4.98 Å². The third kappa shape index (κ3) is 3.48. The molecular formula is C6H5BrFMgN. The van der Waals surface area contributed by atoms with Crippen LogP contribution in [0.3, 0.4) is 0 Å². The van der Waals surface area contributed by atoms with Crippen molar-refractivity contribution in [1.29, 1.82) is 0 Å². The number of aromatic nitrogens is 1. The van der Waals surface area contributed by atoms with Gasteiger partial charge in [-0.3, -0.25) is 0 Å². The number of pyridine rings is 1. The van der Waals surface area contributed by atoms with Gasteiger partial charge in [-0.05, 0) is 5.69 Å². The fraction of sp³-hybridized carbons (Fsp3) is 0.167. The molecule has 0 atom stereocenters. The molecule has 0 aromatic carbocycles. The van der Waals surface area contributed by atoms with Crippen LogP contribution in [0.2, 0.25) is 0 Å². The SMILES string of the molecule is Cc1n[c-]ccc1F.[Br-].[Mg+2]. The van der Waals surface area contributed by atoms with Gasteiger partial charge in [0.1, 0.15) is 0 Å². The van der Waals surface area contributed by atoms with Crippen molar-refractivity contribution in [2.45, 2.75) is 6.92 Å². The van der Waals surface area contributed by atoms with E-state index in [-0.39, 0.29) is 45.9 Å². The zero-order valence-corrected chi connectivity index (χ0v) is 8.57. The average Bonchev–Trinajstić information content (AvgIpc) is 1.77. The summed E-state index contributed by atoms with van der Waals surface area (Å²) in [7, 11) is 0. The van der Waals surface area contributed by atoms with Crippen LogP contribution in [0.15, 0.2) is 12.1 Å². The molecule has 0 bridgehead atoms.